The fourth-order valence-electron chi connectivity index (χ4n) is 2.30. The highest BCUT2D eigenvalue weighted by Gasteiger charge is 2.22. The summed E-state index contributed by atoms with van der Waals surface area (Å²) in [6.45, 7) is 0. The number of hydrogen-bond acceptors (Lipinski definition) is 4. The van der Waals surface area contributed by atoms with E-state index in [1.54, 1.807) is 42.5 Å². The van der Waals surface area contributed by atoms with Crippen molar-refractivity contribution in [3.63, 3.8) is 0 Å². The molecule has 8 heteroatoms. The molecule has 0 saturated carbocycles. The van der Waals surface area contributed by atoms with Gasteiger partial charge in [-0.3, -0.25) is 14.6 Å². The monoisotopic (exact) mass is 357 g/mol. The minimum absolute atomic E-state index is 0.136. The summed E-state index contributed by atoms with van der Waals surface area (Å²) in [5.41, 5.74) is -1.94. The number of aromatic nitrogens is 2. The van der Waals surface area contributed by atoms with Crippen LogP contribution in [0.15, 0.2) is 64.2 Å². The number of carbonyl (C=O) groups excluding carboxylic acids is 1. The predicted octanol–water partition coefficient (Wildman–Crippen LogP) is 2.14. The summed E-state index contributed by atoms with van der Waals surface area (Å²) < 4.78 is 0.767. The van der Waals surface area contributed by atoms with E-state index >= 15 is 0 Å². The van der Waals surface area contributed by atoms with Gasteiger partial charge in [0.05, 0.1) is 10.7 Å². The molecule has 0 fully saturated rings. The van der Waals surface area contributed by atoms with Crippen molar-refractivity contribution in [2.75, 3.05) is 5.32 Å². The second-order valence-corrected chi connectivity index (χ2v) is 5.47. The number of amides is 1. The van der Waals surface area contributed by atoms with Crippen LogP contribution in [0.1, 0.15) is 10.4 Å². The summed E-state index contributed by atoms with van der Waals surface area (Å²) in [6, 6.07) is 14.6. The van der Waals surface area contributed by atoms with E-state index in [4.69, 9.17) is 11.6 Å². The summed E-state index contributed by atoms with van der Waals surface area (Å²) in [4.78, 5) is 38.6. The average Bonchev–Trinajstić information content (AvgIpc) is 2.57. The number of rotatable bonds is 3. The van der Waals surface area contributed by atoms with Gasteiger partial charge in [0.25, 0.3) is 11.5 Å². The lowest BCUT2D eigenvalue weighted by molar-refractivity contribution is 0.102. The van der Waals surface area contributed by atoms with Crippen LogP contribution in [-0.2, 0) is 0 Å². The number of H-pyrrole nitrogens is 1. The van der Waals surface area contributed by atoms with Gasteiger partial charge in [-0.15, -0.1) is 0 Å². The molecule has 0 aliphatic heterocycles. The van der Waals surface area contributed by atoms with Crippen molar-refractivity contribution in [3.8, 4) is 11.6 Å². The van der Waals surface area contributed by atoms with Crippen molar-refractivity contribution >= 4 is 23.2 Å². The van der Waals surface area contributed by atoms with Crippen LogP contribution in [0.4, 0.5) is 5.69 Å². The molecule has 1 aromatic heterocycles. The zero-order valence-corrected chi connectivity index (χ0v) is 13.4. The molecule has 1 heterocycles. The van der Waals surface area contributed by atoms with Gasteiger partial charge in [-0.2, -0.15) is 0 Å². The molecule has 1 amide bonds. The highest BCUT2D eigenvalue weighted by Crippen LogP contribution is 2.23. The van der Waals surface area contributed by atoms with Gasteiger partial charge in [0, 0.05) is 5.69 Å². The van der Waals surface area contributed by atoms with E-state index < -0.39 is 28.6 Å². The molecule has 0 bridgehead atoms. The van der Waals surface area contributed by atoms with E-state index in [1.807, 2.05) is 4.98 Å². The van der Waals surface area contributed by atoms with E-state index in [2.05, 4.69) is 5.32 Å². The summed E-state index contributed by atoms with van der Waals surface area (Å²) in [7, 11) is 0. The third-order valence-corrected chi connectivity index (χ3v) is 3.76. The minimum Gasteiger partial charge on any atom is -0.493 e. The third-order valence-electron chi connectivity index (χ3n) is 3.44. The van der Waals surface area contributed by atoms with Crippen LogP contribution in [0, 0.1) is 0 Å². The first kappa shape index (κ1) is 16.5. The lowest BCUT2D eigenvalue weighted by atomic mass is 10.2. The number of aromatic hydroxyl groups is 1. The number of aromatic amines is 1. The van der Waals surface area contributed by atoms with E-state index in [0.717, 1.165) is 4.57 Å². The molecule has 0 unspecified atom stereocenters. The molecular formula is C17H12ClN3O4. The topological polar surface area (TPSA) is 104 Å². The van der Waals surface area contributed by atoms with Gasteiger partial charge < -0.3 is 10.4 Å². The molecule has 0 aliphatic carbocycles. The van der Waals surface area contributed by atoms with E-state index in [0.29, 0.717) is 5.69 Å². The molecule has 3 aromatic rings. The number of anilines is 1. The Morgan fingerprint density at radius 1 is 1.04 bits per heavy atom. The number of halogens is 1. The van der Waals surface area contributed by atoms with Crippen LogP contribution in [0.2, 0.25) is 5.02 Å². The van der Waals surface area contributed by atoms with Crippen molar-refractivity contribution in [1.29, 1.82) is 0 Å². The highest BCUT2D eigenvalue weighted by atomic mass is 35.5. The van der Waals surface area contributed by atoms with Gasteiger partial charge in [-0.25, -0.2) is 9.36 Å². The molecule has 0 atom stereocenters. The van der Waals surface area contributed by atoms with Crippen molar-refractivity contribution < 1.29 is 9.90 Å². The summed E-state index contributed by atoms with van der Waals surface area (Å²) in [5.74, 6) is -1.65. The normalized spacial score (nSPS) is 10.4. The smallest absolute Gasteiger partial charge is 0.335 e. The van der Waals surface area contributed by atoms with Crippen LogP contribution in [0.5, 0.6) is 5.88 Å². The molecule has 0 aliphatic rings. The van der Waals surface area contributed by atoms with Crippen LogP contribution >= 0.6 is 11.6 Å². The lowest BCUT2D eigenvalue weighted by Gasteiger charge is -2.12. The third kappa shape index (κ3) is 3.17. The first-order valence-electron chi connectivity index (χ1n) is 7.18. The maximum absolute atomic E-state index is 12.4. The quantitative estimate of drug-likeness (QED) is 0.668. The molecule has 25 heavy (non-hydrogen) atoms. The SMILES string of the molecule is O=C(Nc1ccccc1)c1c(O)n(-c2ccccc2Cl)c(=O)[nH]c1=O. The van der Waals surface area contributed by atoms with Gasteiger partial charge in [0.2, 0.25) is 5.88 Å². The zero-order valence-electron chi connectivity index (χ0n) is 12.7. The van der Waals surface area contributed by atoms with Crippen molar-refractivity contribution in [3.05, 3.63) is 86.0 Å². The van der Waals surface area contributed by atoms with Gasteiger partial charge in [-0.05, 0) is 24.3 Å². The number of benzene rings is 2. The predicted molar refractivity (Wildman–Crippen MR) is 93.7 cm³/mol. The fourth-order valence-corrected chi connectivity index (χ4v) is 2.52. The minimum atomic E-state index is -1.00. The molecule has 3 N–H and O–H groups in total. The molecule has 2 aromatic carbocycles. The Balaban J connectivity index is 2.14. The fraction of sp³-hybridized carbons (Fsp3) is 0. The molecule has 126 valence electrons. The molecular weight excluding hydrogens is 346 g/mol. The first-order chi connectivity index (χ1) is 12.0. The van der Waals surface area contributed by atoms with Gasteiger partial charge >= 0.3 is 5.69 Å². The van der Waals surface area contributed by atoms with Crippen molar-refractivity contribution in [2.24, 2.45) is 0 Å². The number of para-hydroxylation sites is 2. The Morgan fingerprint density at radius 3 is 2.36 bits per heavy atom. The lowest BCUT2D eigenvalue weighted by Crippen LogP contribution is -2.34. The molecule has 7 nitrogen and oxygen atoms in total. The molecule has 0 spiro atoms. The van der Waals surface area contributed by atoms with E-state index in [-0.39, 0.29) is 10.7 Å². The summed E-state index contributed by atoms with van der Waals surface area (Å²) >= 11 is 6.04. The Kier molecular flexibility index (Phi) is 4.40. The standard InChI is InChI=1S/C17H12ClN3O4/c18-11-8-4-5-9-12(11)21-16(24)13(15(23)20-17(21)25)14(22)19-10-6-2-1-3-7-10/h1-9,24H,(H,19,22)(H,20,23,25). The van der Waals surface area contributed by atoms with Gasteiger partial charge in [-0.1, -0.05) is 41.9 Å². The number of carbonyl (C=O) groups is 1. The Bertz CT molecular complexity index is 1060. The average molecular weight is 358 g/mol. The number of nitrogens with one attached hydrogen (secondary N) is 2. The molecule has 0 radical (unpaired) electrons. The Labute approximate surface area is 146 Å². The highest BCUT2D eigenvalue weighted by molar-refractivity contribution is 6.32. The van der Waals surface area contributed by atoms with Crippen molar-refractivity contribution in [2.45, 2.75) is 0 Å². The number of hydrogen-bond donors (Lipinski definition) is 3. The van der Waals surface area contributed by atoms with Crippen LogP contribution in [0.3, 0.4) is 0 Å². The Hall–Kier alpha value is -3.32. The maximum Gasteiger partial charge on any atom is 0.335 e. The second kappa shape index (κ2) is 6.66. The van der Waals surface area contributed by atoms with E-state index in [1.165, 1.54) is 12.1 Å². The van der Waals surface area contributed by atoms with Crippen LogP contribution in [0.25, 0.3) is 5.69 Å². The maximum atomic E-state index is 12.4. The van der Waals surface area contributed by atoms with Gasteiger partial charge in [0.15, 0.2) is 5.56 Å². The Morgan fingerprint density at radius 2 is 1.68 bits per heavy atom. The van der Waals surface area contributed by atoms with Crippen molar-refractivity contribution in [1.82, 2.24) is 9.55 Å². The summed E-state index contributed by atoms with van der Waals surface area (Å²) in [5, 5.41) is 13.1. The number of nitrogens with zero attached hydrogens (tertiary/aromatic N) is 1. The van der Waals surface area contributed by atoms with Crippen LogP contribution < -0.4 is 16.6 Å². The van der Waals surface area contributed by atoms with E-state index in [9.17, 15) is 19.5 Å². The second-order valence-electron chi connectivity index (χ2n) is 5.06. The summed E-state index contributed by atoms with van der Waals surface area (Å²) in [6.07, 6.45) is 0. The van der Waals surface area contributed by atoms with Crippen LogP contribution in [-0.4, -0.2) is 20.6 Å². The van der Waals surface area contributed by atoms with Gasteiger partial charge in [0.1, 0.15) is 0 Å². The molecule has 3 rings (SSSR count). The first-order valence-corrected chi connectivity index (χ1v) is 7.56. The largest absolute Gasteiger partial charge is 0.493 e. The zero-order chi connectivity index (χ0) is 18.0. The molecule has 0 saturated heterocycles.